The number of nitrogens with one attached hydrogen (secondary N) is 1. The molecule has 0 aliphatic heterocycles. The molecular weight excluding hydrogens is 266 g/mol. The molecule has 0 aliphatic rings. The maximum Gasteiger partial charge on any atom is 0.238 e. The number of rotatable bonds is 6. The molecule has 0 spiro atoms. The third-order valence-corrected chi connectivity index (χ3v) is 2.94. The Morgan fingerprint density at radius 2 is 1.86 bits per heavy atom. The molecule has 5 nitrogen and oxygen atoms in total. The molecule has 0 aromatic carbocycles. The van der Waals surface area contributed by atoms with Gasteiger partial charge in [-0.25, -0.2) is 0 Å². The van der Waals surface area contributed by atoms with E-state index >= 15 is 0 Å². The second kappa shape index (κ2) is 8.52. The number of amides is 1. The molecule has 5 heteroatoms. The molecular formula is C16H27N3O2. The van der Waals surface area contributed by atoms with Crippen LogP contribution in [0.2, 0.25) is 0 Å². The number of hydrogen-bond acceptors (Lipinski definition) is 4. The predicted octanol–water partition coefficient (Wildman–Crippen LogP) is 2.16. The Kier molecular flexibility index (Phi) is 7.81. The van der Waals surface area contributed by atoms with E-state index in [1.807, 2.05) is 13.8 Å². The van der Waals surface area contributed by atoms with Crippen molar-refractivity contribution >= 4 is 18.4 Å². The highest BCUT2D eigenvalue weighted by Crippen LogP contribution is 2.28. The lowest BCUT2D eigenvalue weighted by atomic mass is 9.86. The van der Waals surface area contributed by atoms with Gasteiger partial charge in [0.25, 0.3) is 0 Å². The fraction of sp³-hybridized carbons (Fsp3) is 0.562. The highest BCUT2D eigenvalue weighted by molar-refractivity contribution is 5.87. The van der Waals surface area contributed by atoms with Gasteiger partial charge in [-0.1, -0.05) is 20.8 Å². The largest absolute Gasteiger partial charge is 0.322 e. The molecule has 0 heterocycles. The molecule has 0 saturated heterocycles. The lowest BCUT2D eigenvalue weighted by molar-refractivity contribution is -0.121. The van der Waals surface area contributed by atoms with E-state index in [-0.39, 0.29) is 23.6 Å². The van der Waals surface area contributed by atoms with Crippen LogP contribution in [-0.2, 0) is 9.59 Å². The molecule has 0 bridgehead atoms. The lowest BCUT2D eigenvalue weighted by Crippen LogP contribution is -2.33. The SMILES string of the molecule is CC=NC(/C=C(/C=O)NC(=O)CN(C)C)=C(\C)C(C)(C)C. The number of carbonyl (C=O) groups is 2. The molecule has 1 N–H and O–H groups in total. The Morgan fingerprint density at radius 3 is 2.24 bits per heavy atom. The summed E-state index contributed by atoms with van der Waals surface area (Å²) in [6.07, 6.45) is 3.92. The van der Waals surface area contributed by atoms with Gasteiger partial charge in [0.2, 0.25) is 5.91 Å². The van der Waals surface area contributed by atoms with Gasteiger partial charge in [0.15, 0.2) is 6.29 Å². The van der Waals surface area contributed by atoms with E-state index in [0.29, 0.717) is 12.0 Å². The number of nitrogens with zero attached hydrogens (tertiary/aromatic N) is 2. The van der Waals surface area contributed by atoms with Crippen molar-refractivity contribution in [2.24, 2.45) is 10.4 Å². The molecule has 21 heavy (non-hydrogen) atoms. The minimum absolute atomic E-state index is 0.0695. The standard InChI is InChI=1S/C16H27N3O2/c1-8-17-14(12(2)16(3,4)5)9-13(11-20)18-15(21)10-19(6)7/h8-9,11H,10H2,1-7H3,(H,18,21)/b13-9-,14-12+,17-8?. The highest BCUT2D eigenvalue weighted by atomic mass is 16.2. The quantitative estimate of drug-likeness (QED) is 0.353. The molecule has 118 valence electrons. The van der Waals surface area contributed by atoms with Crippen molar-refractivity contribution in [1.29, 1.82) is 0 Å². The summed E-state index contributed by atoms with van der Waals surface area (Å²) in [5, 5.41) is 2.60. The van der Waals surface area contributed by atoms with E-state index in [4.69, 9.17) is 0 Å². The van der Waals surface area contributed by atoms with Gasteiger partial charge in [-0.15, -0.1) is 0 Å². The molecule has 0 saturated carbocycles. The van der Waals surface area contributed by atoms with Crippen LogP contribution in [0.5, 0.6) is 0 Å². The van der Waals surface area contributed by atoms with Gasteiger partial charge in [-0.3, -0.25) is 14.6 Å². The zero-order valence-electron chi connectivity index (χ0n) is 14.2. The molecule has 0 aliphatic carbocycles. The number of hydrogen-bond donors (Lipinski definition) is 1. The smallest absolute Gasteiger partial charge is 0.238 e. The van der Waals surface area contributed by atoms with Crippen molar-refractivity contribution < 1.29 is 9.59 Å². The summed E-state index contributed by atoms with van der Waals surface area (Å²) in [7, 11) is 3.58. The van der Waals surface area contributed by atoms with Crippen molar-refractivity contribution in [2.75, 3.05) is 20.6 Å². The van der Waals surface area contributed by atoms with Crippen LogP contribution in [0.25, 0.3) is 0 Å². The number of aliphatic imine (C=N–C) groups is 1. The van der Waals surface area contributed by atoms with Crippen molar-refractivity contribution in [2.45, 2.75) is 34.6 Å². The van der Waals surface area contributed by atoms with Crippen molar-refractivity contribution in [3.63, 3.8) is 0 Å². The monoisotopic (exact) mass is 293 g/mol. The van der Waals surface area contributed by atoms with Gasteiger partial charge in [0, 0.05) is 6.21 Å². The number of aldehydes is 1. The van der Waals surface area contributed by atoms with Gasteiger partial charge in [-0.2, -0.15) is 0 Å². The maximum atomic E-state index is 11.7. The molecule has 0 radical (unpaired) electrons. The zero-order chi connectivity index (χ0) is 16.6. The fourth-order valence-electron chi connectivity index (χ4n) is 1.50. The second-order valence-electron chi connectivity index (χ2n) is 6.15. The summed E-state index contributed by atoms with van der Waals surface area (Å²) in [6.45, 7) is 10.2. The third-order valence-electron chi connectivity index (χ3n) is 2.94. The first-order valence-electron chi connectivity index (χ1n) is 6.93. The molecule has 1 amide bonds. The van der Waals surface area contributed by atoms with Gasteiger partial charge in [0.1, 0.15) is 0 Å². The van der Waals surface area contributed by atoms with Crippen LogP contribution in [0.3, 0.4) is 0 Å². The Morgan fingerprint density at radius 1 is 1.29 bits per heavy atom. The molecule has 0 atom stereocenters. The number of carbonyl (C=O) groups excluding carboxylic acids is 2. The summed E-state index contributed by atoms with van der Waals surface area (Å²) < 4.78 is 0. The first-order valence-corrected chi connectivity index (χ1v) is 6.93. The third kappa shape index (κ3) is 7.56. The average molecular weight is 293 g/mol. The lowest BCUT2D eigenvalue weighted by Gasteiger charge is -2.21. The summed E-state index contributed by atoms with van der Waals surface area (Å²) in [6, 6.07) is 0. The summed E-state index contributed by atoms with van der Waals surface area (Å²) in [4.78, 5) is 28.9. The first kappa shape index (κ1) is 19.2. The van der Waals surface area contributed by atoms with Crippen LogP contribution in [0.15, 0.2) is 28.0 Å². The van der Waals surface area contributed by atoms with E-state index in [9.17, 15) is 9.59 Å². The Hall–Kier alpha value is -1.75. The average Bonchev–Trinajstić information content (AvgIpc) is 2.34. The van der Waals surface area contributed by atoms with Gasteiger partial charge in [-0.05, 0) is 45.0 Å². The molecule has 0 unspecified atom stereocenters. The Bertz CT molecular complexity index is 466. The van der Waals surface area contributed by atoms with E-state index in [1.54, 1.807) is 31.3 Å². The predicted molar refractivity (Wildman–Crippen MR) is 87.2 cm³/mol. The topological polar surface area (TPSA) is 61.8 Å². The Labute approximate surface area is 127 Å². The van der Waals surface area contributed by atoms with Crippen LogP contribution >= 0.6 is 0 Å². The van der Waals surface area contributed by atoms with Crippen LogP contribution in [-0.4, -0.2) is 43.9 Å². The first-order chi connectivity index (χ1) is 9.61. The van der Waals surface area contributed by atoms with Crippen LogP contribution < -0.4 is 5.32 Å². The number of likely N-dealkylation sites (N-methyl/N-ethyl adjacent to an activating group) is 1. The summed E-state index contributed by atoms with van der Waals surface area (Å²) in [5.41, 5.74) is 1.88. The minimum Gasteiger partial charge on any atom is -0.322 e. The minimum atomic E-state index is -0.230. The zero-order valence-corrected chi connectivity index (χ0v) is 14.2. The normalized spacial score (nSPS) is 14.4. The second-order valence-corrected chi connectivity index (χ2v) is 6.15. The fourth-order valence-corrected chi connectivity index (χ4v) is 1.50. The summed E-state index contributed by atoms with van der Waals surface area (Å²) >= 11 is 0. The van der Waals surface area contributed by atoms with E-state index < -0.39 is 0 Å². The maximum absolute atomic E-state index is 11.7. The van der Waals surface area contributed by atoms with Crippen molar-refractivity contribution in [1.82, 2.24) is 10.2 Å². The summed E-state index contributed by atoms with van der Waals surface area (Å²) in [5.74, 6) is -0.230. The Balaban J connectivity index is 5.43. The van der Waals surface area contributed by atoms with Gasteiger partial charge in [0.05, 0.1) is 17.9 Å². The number of allylic oxidation sites excluding steroid dienone is 3. The molecule has 0 aromatic heterocycles. The highest BCUT2D eigenvalue weighted by Gasteiger charge is 2.16. The van der Waals surface area contributed by atoms with Gasteiger partial charge < -0.3 is 10.2 Å². The van der Waals surface area contributed by atoms with Crippen LogP contribution in [0, 0.1) is 5.41 Å². The van der Waals surface area contributed by atoms with Crippen LogP contribution in [0.4, 0.5) is 0 Å². The molecule has 0 fully saturated rings. The van der Waals surface area contributed by atoms with Gasteiger partial charge >= 0.3 is 0 Å². The van der Waals surface area contributed by atoms with E-state index in [2.05, 4.69) is 31.1 Å². The van der Waals surface area contributed by atoms with E-state index in [1.165, 1.54) is 0 Å². The van der Waals surface area contributed by atoms with E-state index in [0.717, 1.165) is 5.57 Å². The molecule has 0 aromatic rings. The van der Waals surface area contributed by atoms with Crippen molar-refractivity contribution in [3.8, 4) is 0 Å². The van der Waals surface area contributed by atoms with Crippen LogP contribution in [0.1, 0.15) is 34.6 Å². The molecule has 0 rings (SSSR count). The van der Waals surface area contributed by atoms with Crippen molar-refractivity contribution in [3.05, 3.63) is 23.0 Å².